The number of carbonyl (C=O) groups is 1. The van der Waals surface area contributed by atoms with E-state index in [9.17, 15) is 4.79 Å². The van der Waals surface area contributed by atoms with Crippen molar-refractivity contribution in [3.8, 4) is 5.75 Å². The Labute approximate surface area is 182 Å². The summed E-state index contributed by atoms with van der Waals surface area (Å²) in [7, 11) is 1.64. The molecule has 2 aromatic carbocycles. The van der Waals surface area contributed by atoms with Gasteiger partial charge in [0.25, 0.3) is 5.91 Å². The number of para-hydroxylation sites is 1. The van der Waals surface area contributed by atoms with E-state index in [1.807, 2.05) is 43.3 Å². The zero-order valence-corrected chi connectivity index (χ0v) is 18.3. The number of anilines is 1. The maximum atomic E-state index is 13.2. The summed E-state index contributed by atoms with van der Waals surface area (Å²) in [5.41, 5.74) is 2.55. The third kappa shape index (κ3) is 3.21. The highest BCUT2D eigenvalue weighted by Gasteiger charge is 2.54. The van der Waals surface area contributed by atoms with Crippen LogP contribution in [0.1, 0.15) is 45.4 Å². The number of carbonyl (C=O) groups excluding carboxylic acids is 1. The molecule has 162 valence electrons. The van der Waals surface area contributed by atoms with Crippen molar-refractivity contribution in [1.82, 2.24) is 0 Å². The first-order chi connectivity index (χ1) is 15.0. The lowest BCUT2D eigenvalue weighted by Gasteiger charge is -2.55. The summed E-state index contributed by atoms with van der Waals surface area (Å²) < 4.78 is 11.6. The van der Waals surface area contributed by atoms with Crippen molar-refractivity contribution in [2.24, 2.45) is 17.8 Å². The van der Waals surface area contributed by atoms with Crippen LogP contribution < -0.4 is 15.4 Å². The average Bonchev–Trinajstić information content (AvgIpc) is 3.09. The number of nitrogens with two attached hydrogens (primary N) is 1. The number of ether oxygens (including phenoxy) is 1. The molecule has 5 heteroatoms. The molecule has 0 spiro atoms. The van der Waals surface area contributed by atoms with E-state index in [4.69, 9.17) is 9.15 Å². The molecular formula is C26H31N2O3+. The highest BCUT2D eigenvalue weighted by molar-refractivity contribution is 6.08. The first-order valence-electron chi connectivity index (χ1n) is 11.7. The van der Waals surface area contributed by atoms with Gasteiger partial charge in [-0.1, -0.05) is 18.2 Å². The predicted molar refractivity (Wildman–Crippen MR) is 121 cm³/mol. The lowest BCUT2D eigenvalue weighted by Crippen LogP contribution is -3.03. The number of nitrogens with one attached hydrogen (secondary N) is 1. The molecule has 4 aliphatic rings. The van der Waals surface area contributed by atoms with Crippen molar-refractivity contribution >= 4 is 33.5 Å². The maximum absolute atomic E-state index is 13.2. The Bertz CT molecular complexity index is 1130. The molecule has 5 nitrogen and oxygen atoms in total. The fourth-order valence-corrected chi connectivity index (χ4v) is 7.25. The number of hydrogen-bond acceptors (Lipinski definition) is 3. The molecule has 4 bridgehead atoms. The van der Waals surface area contributed by atoms with Crippen LogP contribution in [0.3, 0.4) is 0 Å². The van der Waals surface area contributed by atoms with Gasteiger partial charge in [-0.15, -0.1) is 0 Å². The van der Waals surface area contributed by atoms with Crippen molar-refractivity contribution in [1.29, 1.82) is 0 Å². The molecule has 3 aromatic rings. The summed E-state index contributed by atoms with van der Waals surface area (Å²) in [6.45, 7) is 2.04. The molecule has 0 radical (unpaired) electrons. The van der Waals surface area contributed by atoms with Crippen LogP contribution >= 0.6 is 0 Å². The molecule has 1 aromatic heterocycles. The van der Waals surface area contributed by atoms with Crippen LogP contribution in [0.15, 0.2) is 40.8 Å². The standard InChI is InChI=1S/C26H30N2O3/c1-15(28-26-12-16-7-17(13-26)9-18(8-16)14-26)25(29)27-21-11-23-20(10-24(21)30-2)19-5-3-4-6-22(19)31-23/h3-6,10-11,15-18,28H,7-9,12-14H2,1-2H3,(H,27,29)/p+1/t15-,16?,17?,18?,26?/m0/s1. The highest BCUT2D eigenvalue weighted by atomic mass is 16.5. The monoisotopic (exact) mass is 419 g/mol. The largest absolute Gasteiger partial charge is 0.495 e. The van der Waals surface area contributed by atoms with Gasteiger partial charge in [-0.2, -0.15) is 0 Å². The summed E-state index contributed by atoms with van der Waals surface area (Å²) in [5, 5.41) is 7.56. The van der Waals surface area contributed by atoms with Gasteiger partial charge in [0.1, 0.15) is 16.9 Å². The van der Waals surface area contributed by atoms with Gasteiger partial charge in [0.05, 0.1) is 18.3 Å². The third-order valence-electron chi connectivity index (χ3n) is 8.06. The third-order valence-corrected chi connectivity index (χ3v) is 8.06. The van der Waals surface area contributed by atoms with E-state index >= 15 is 0 Å². The van der Waals surface area contributed by atoms with E-state index in [1.165, 1.54) is 38.5 Å². The molecule has 0 aliphatic heterocycles. The zero-order chi connectivity index (χ0) is 21.2. The summed E-state index contributed by atoms with van der Waals surface area (Å²) >= 11 is 0. The topological polar surface area (TPSA) is 68.1 Å². The van der Waals surface area contributed by atoms with E-state index in [2.05, 4.69) is 10.6 Å². The molecule has 3 N–H and O–H groups in total. The second-order valence-corrected chi connectivity index (χ2v) is 10.4. The fourth-order valence-electron chi connectivity index (χ4n) is 7.25. The number of furan rings is 1. The smallest absolute Gasteiger partial charge is 0.282 e. The molecule has 0 unspecified atom stereocenters. The SMILES string of the molecule is COc1cc2c(cc1NC(=O)[C@H](C)[NH2+]C13CC4CC(CC(C4)C1)C3)oc1ccccc12. The van der Waals surface area contributed by atoms with Crippen molar-refractivity contribution in [3.05, 3.63) is 36.4 Å². The molecule has 4 fully saturated rings. The molecule has 1 amide bonds. The van der Waals surface area contributed by atoms with Crippen LogP contribution in [0.5, 0.6) is 5.75 Å². The van der Waals surface area contributed by atoms with Gasteiger partial charge >= 0.3 is 0 Å². The molecule has 1 heterocycles. The minimum Gasteiger partial charge on any atom is -0.495 e. The lowest BCUT2D eigenvalue weighted by molar-refractivity contribution is -0.754. The molecule has 0 saturated heterocycles. The molecule has 7 rings (SSSR count). The van der Waals surface area contributed by atoms with E-state index in [1.54, 1.807) is 7.11 Å². The molecule has 1 atom stereocenters. The minimum atomic E-state index is -0.132. The maximum Gasteiger partial charge on any atom is 0.282 e. The Hall–Kier alpha value is -2.53. The first-order valence-corrected chi connectivity index (χ1v) is 11.7. The van der Waals surface area contributed by atoms with Crippen molar-refractivity contribution in [2.45, 2.75) is 57.0 Å². The van der Waals surface area contributed by atoms with Crippen molar-refractivity contribution in [3.63, 3.8) is 0 Å². The van der Waals surface area contributed by atoms with E-state index in [0.29, 0.717) is 11.4 Å². The summed E-state index contributed by atoms with van der Waals surface area (Å²) in [6, 6.07) is 11.7. The molecule has 4 saturated carbocycles. The summed E-state index contributed by atoms with van der Waals surface area (Å²) in [6.07, 6.45) is 8.10. The Morgan fingerprint density at radius 3 is 2.42 bits per heavy atom. The first kappa shape index (κ1) is 19.2. The number of fused-ring (bicyclic) bond motifs is 3. The second kappa shape index (κ2) is 6.99. The summed E-state index contributed by atoms with van der Waals surface area (Å²) in [5.74, 6) is 3.34. The van der Waals surface area contributed by atoms with Crippen LogP contribution in [0, 0.1) is 17.8 Å². The average molecular weight is 420 g/mol. The second-order valence-electron chi connectivity index (χ2n) is 10.4. The fraction of sp³-hybridized carbons (Fsp3) is 0.500. The van der Waals surface area contributed by atoms with E-state index < -0.39 is 0 Å². The van der Waals surface area contributed by atoms with E-state index in [0.717, 1.165) is 39.7 Å². The van der Waals surface area contributed by atoms with Gasteiger partial charge in [0, 0.05) is 36.1 Å². The van der Waals surface area contributed by atoms with Crippen molar-refractivity contribution < 1.29 is 19.3 Å². The number of quaternary nitrogens is 1. The predicted octanol–water partition coefficient (Wildman–Crippen LogP) is 4.45. The van der Waals surface area contributed by atoms with E-state index in [-0.39, 0.29) is 17.5 Å². The van der Waals surface area contributed by atoms with Gasteiger partial charge < -0.3 is 19.8 Å². The molecule has 31 heavy (non-hydrogen) atoms. The Morgan fingerprint density at radius 1 is 1.06 bits per heavy atom. The number of benzene rings is 2. The van der Waals surface area contributed by atoms with Gasteiger partial charge in [0.15, 0.2) is 6.04 Å². The number of methoxy groups -OCH3 is 1. The van der Waals surface area contributed by atoms with Gasteiger partial charge in [-0.05, 0) is 56.1 Å². The normalized spacial score (nSPS) is 30.1. The Balaban J connectivity index is 1.24. The minimum absolute atomic E-state index is 0.0320. The number of rotatable bonds is 5. The molecule has 4 aliphatic carbocycles. The van der Waals surface area contributed by atoms with Gasteiger partial charge in [-0.25, -0.2) is 0 Å². The highest BCUT2D eigenvalue weighted by Crippen LogP contribution is 2.54. The number of amides is 1. The van der Waals surface area contributed by atoms with Gasteiger partial charge in [0.2, 0.25) is 0 Å². The van der Waals surface area contributed by atoms with Crippen LogP contribution in [0.25, 0.3) is 21.9 Å². The zero-order valence-electron chi connectivity index (χ0n) is 18.3. The number of hydrogen-bond donors (Lipinski definition) is 2. The van der Waals surface area contributed by atoms with Crippen LogP contribution in [-0.4, -0.2) is 24.6 Å². The quantitative estimate of drug-likeness (QED) is 0.642. The van der Waals surface area contributed by atoms with Crippen molar-refractivity contribution in [2.75, 3.05) is 12.4 Å². The lowest BCUT2D eigenvalue weighted by atomic mass is 9.53. The Kier molecular flexibility index (Phi) is 4.32. The summed E-state index contributed by atoms with van der Waals surface area (Å²) in [4.78, 5) is 13.2. The van der Waals surface area contributed by atoms with Crippen LogP contribution in [0.2, 0.25) is 0 Å². The molecular weight excluding hydrogens is 388 g/mol. The van der Waals surface area contributed by atoms with Crippen LogP contribution in [-0.2, 0) is 4.79 Å². The van der Waals surface area contributed by atoms with Gasteiger partial charge in [-0.3, -0.25) is 4.79 Å². The van der Waals surface area contributed by atoms with Crippen LogP contribution in [0.4, 0.5) is 5.69 Å². The Morgan fingerprint density at radius 2 is 1.74 bits per heavy atom.